The Labute approximate surface area is 78.6 Å². The number of carbonyl (C=O) groups is 1. The van der Waals surface area contributed by atoms with Gasteiger partial charge in [-0.25, -0.2) is 0 Å². The van der Waals surface area contributed by atoms with Gasteiger partial charge in [0.15, 0.2) is 6.29 Å². The first-order chi connectivity index (χ1) is 5.15. The third kappa shape index (κ3) is 1.91. The molecule has 0 saturated carbocycles. The number of thiophene rings is 1. The van der Waals surface area contributed by atoms with Crippen molar-refractivity contribution >= 4 is 33.6 Å². The maximum absolute atomic E-state index is 10.4. The van der Waals surface area contributed by atoms with Crippen molar-refractivity contribution in [2.45, 2.75) is 19.8 Å². The van der Waals surface area contributed by atoms with Gasteiger partial charge in [-0.2, -0.15) is 0 Å². The first kappa shape index (κ1) is 8.94. The maximum Gasteiger partial charge on any atom is 0.161 e. The lowest BCUT2D eigenvalue weighted by Crippen LogP contribution is -1.77. The van der Waals surface area contributed by atoms with Crippen molar-refractivity contribution in [2.24, 2.45) is 0 Å². The number of halogens is 1. The van der Waals surface area contributed by atoms with Crippen molar-refractivity contribution in [3.05, 3.63) is 20.3 Å². The van der Waals surface area contributed by atoms with Crippen LogP contribution in [0.25, 0.3) is 0 Å². The molecule has 1 aromatic rings. The summed E-state index contributed by atoms with van der Waals surface area (Å²) in [7, 11) is 0. The molecule has 60 valence electrons. The Hall–Kier alpha value is -0.150. The van der Waals surface area contributed by atoms with Gasteiger partial charge in [0, 0.05) is 9.35 Å². The van der Waals surface area contributed by atoms with Gasteiger partial charge in [-0.3, -0.25) is 4.79 Å². The monoisotopic (exact) mass is 232 g/mol. The number of carbonyl (C=O) groups excluding carboxylic acids is 1. The first-order valence-corrected chi connectivity index (χ1v) is 5.00. The molecule has 11 heavy (non-hydrogen) atoms. The van der Waals surface area contributed by atoms with Crippen molar-refractivity contribution in [3.63, 3.8) is 0 Å². The van der Waals surface area contributed by atoms with E-state index in [1.165, 1.54) is 4.88 Å². The van der Waals surface area contributed by atoms with Crippen molar-refractivity contribution in [3.8, 4) is 0 Å². The van der Waals surface area contributed by atoms with Crippen LogP contribution in [0.4, 0.5) is 0 Å². The second-order valence-electron chi connectivity index (χ2n) is 2.63. The lowest BCUT2D eigenvalue weighted by Gasteiger charge is -1.96. The van der Waals surface area contributed by atoms with Crippen LogP contribution in [-0.4, -0.2) is 6.29 Å². The van der Waals surface area contributed by atoms with Crippen LogP contribution in [-0.2, 0) is 0 Å². The highest BCUT2D eigenvalue weighted by molar-refractivity contribution is 9.10. The molecule has 0 atom stereocenters. The van der Waals surface area contributed by atoms with Crippen LogP contribution >= 0.6 is 27.3 Å². The second kappa shape index (κ2) is 3.50. The number of aldehydes is 1. The lowest BCUT2D eigenvalue weighted by molar-refractivity contribution is 0.112. The summed E-state index contributed by atoms with van der Waals surface area (Å²) in [5.41, 5.74) is 0. The third-order valence-corrected chi connectivity index (χ3v) is 3.69. The molecule has 0 spiro atoms. The SMILES string of the molecule is CC(C)c1cc(Br)c(C=O)s1. The zero-order valence-corrected chi connectivity index (χ0v) is 8.83. The minimum Gasteiger partial charge on any atom is -0.297 e. The fourth-order valence-electron chi connectivity index (χ4n) is 0.766. The molecule has 1 aromatic heterocycles. The van der Waals surface area contributed by atoms with E-state index in [0.29, 0.717) is 5.92 Å². The molecule has 0 fully saturated rings. The van der Waals surface area contributed by atoms with E-state index in [1.807, 2.05) is 6.07 Å². The summed E-state index contributed by atoms with van der Waals surface area (Å²) in [6.45, 7) is 4.24. The number of rotatable bonds is 2. The van der Waals surface area contributed by atoms with Crippen LogP contribution in [0.3, 0.4) is 0 Å². The molecule has 0 saturated heterocycles. The van der Waals surface area contributed by atoms with Gasteiger partial charge in [-0.05, 0) is 27.9 Å². The van der Waals surface area contributed by atoms with E-state index in [1.54, 1.807) is 11.3 Å². The molecule has 1 nitrogen and oxygen atoms in total. The van der Waals surface area contributed by atoms with E-state index >= 15 is 0 Å². The first-order valence-electron chi connectivity index (χ1n) is 3.39. The number of hydrogen-bond donors (Lipinski definition) is 0. The Kier molecular flexibility index (Phi) is 2.84. The molecule has 1 rings (SSSR count). The summed E-state index contributed by atoms with van der Waals surface area (Å²) in [5.74, 6) is 0.505. The maximum atomic E-state index is 10.4. The summed E-state index contributed by atoms with van der Waals surface area (Å²) in [6.07, 6.45) is 0.890. The fourth-order valence-corrected chi connectivity index (χ4v) is 2.37. The van der Waals surface area contributed by atoms with Gasteiger partial charge in [0.2, 0.25) is 0 Å². The Balaban J connectivity index is 3.04. The Bertz CT molecular complexity index is 265. The van der Waals surface area contributed by atoms with E-state index in [0.717, 1.165) is 15.6 Å². The molecule has 0 bridgehead atoms. The summed E-state index contributed by atoms with van der Waals surface area (Å²) >= 11 is 4.88. The fraction of sp³-hybridized carbons (Fsp3) is 0.375. The van der Waals surface area contributed by atoms with Gasteiger partial charge >= 0.3 is 0 Å². The molecular formula is C8H9BrOS. The van der Waals surface area contributed by atoms with E-state index in [4.69, 9.17) is 0 Å². The summed E-state index contributed by atoms with van der Waals surface area (Å²) in [4.78, 5) is 12.5. The van der Waals surface area contributed by atoms with Crippen LogP contribution in [0.5, 0.6) is 0 Å². The van der Waals surface area contributed by atoms with E-state index < -0.39 is 0 Å². The third-order valence-electron chi connectivity index (χ3n) is 1.41. The quantitative estimate of drug-likeness (QED) is 0.715. The highest BCUT2D eigenvalue weighted by atomic mass is 79.9. The second-order valence-corrected chi connectivity index (χ2v) is 4.60. The molecule has 1 heterocycles. The van der Waals surface area contributed by atoms with Crippen molar-refractivity contribution in [2.75, 3.05) is 0 Å². The molecular weight excluding hydrogens is 224 g/mol. The van der Waals surface area contributed by atoms with Crippen LogP contribution in [0, 0.1) is 0 Å². The molecule has 0 aliphatic carbocycles. The minimum absolute atomic E-state index is 0.505. The van der Waals surface area contributed by atoms with Crippen molar-refractivity contribution < 1.29 is 4.79 Å². The topological polar surface area (TPSA) is 17.1 Å². The summed E-state index contributed by atoms with van der Waals surface area (Å²) in [6, 6.07) is 2.01. The predicted molar refractivity (Wildman–Crippen MR) is 51.5 cm³/mol. The van der Waals surface area contributed by atoms with E-state index in [2.05, 4.69) is 29.8 Å². The van der Waals surface area contributed by atoms with E-state index in [-0.39, 0.29) is 0 Å². The predicted octanol–water partition coefficient (Wildman–Crippen LogP) is 3.45. The Morgan fingerprint density at radius 2 is 2.27 bits per heavy atom. The minimum atomic E-state index is 0.505. The summed E-state index contributed by atoms with van der Waals surface area (Å²) in [5, 5.41) is 0. The van der Waals surface area contributed by atoms with Crippen LogP contribution < -0.4 is 0 Å². The molecule has 3 heteroatoms. The van der Waals surface area contributed by atoms with Crippen LogP contribution in [0.15, 0.2) is 10.5 Å². The van der Waals surface area contributed by atoms with E-state index in [9.17, 15) is 4.79 Å². The summed E-state index contributed by atoms with van der Waals surface area (Å²) < 4.78 is 0.918. The zero-order chi connectivity index (χ0) is 8.43. The molecule has 0 aliphatic heterocycles. The van der Waals surface area contributed by atoms with Crippen molar-refractivity contribution in [1.29, 1.82) is 0 Å². The average Bonchev–Trinajstić information content (AvgIpc) is 2.31. The Morgan fingerprint density at radius 1 is 1.64 bits per heavy atom. The van der Waals surface area contributed by atoms with Crippen molar-refractivity contribution in [1.82, 2.24) is 0 Å². The molecule has 0 radical (unpaired) electrons. The van der Waals surface area contributed by atoms with Gasteiger partial charge < -0.3 is 0 Å². The van der Waals surface area contributed by atoms with Gasteiger partial charge in [-0.1, -0.05) is 13.8 Å². The zero-order valence-electron chi connectivity index (χ0n) is 6.43. The van der Waals surface area contributed by atoms with Gasteiger partial charge in [0.05, 0.1) is 4.88 Å². The largest absolute Gasteiger partial charge is 0.297 e. The normalized spacial score (nSPS) is 10.5. The molecule has 0 aromatic carbocycles. The van der Waals surface area contributed by atoms with Gasteiger partial charge in [0.25, 0.3) is 0 Å². The Morgan fingerprint density at radius 3 is 2.55 bits per heavy atom. The standard InChI is InChI=1S/C8H9BrOS/c1-5(2)7-3-6(9)8(4-10)11-7/h3-5H,1-2H3. The van der Waals surface area contributed by atoms with Gasteiger partial charge in [0.1, 0.15) is 0 Å². The van der Waals surface area contributed by atoms with Crippen LogP contribution in [0.2, 0.25) is 0 Å². The van der Waals surface area contributed by atoms with Gasteiger partial charge in [-0.15, -0.1) is 11.3 Å². The highest BCUT2D eigenvalue weighted by Gasteiger charge is 2.07. The molecule has 0 amide bonds. The highest BCUT2D eigenvalue weighted by Crippen LogP contribution is 2.30. The smallest absolute Gasteiger partial charge is 0.161 e. The lowest BCUT2D eigenvalue weighted by atomic mass is 10.2. The van der Waals surface area contributed by atoms with Crippen LogP contribution in [0.1, 0.15) is 34.3 Å². The average molecular weight is 233 g/mol. The molecule has 0 aliphatic rings. The molecule has 0 unspecified atom stereocenters. The number of hydrogen-bond acceptors (Lipinski definition) is 2. The molecule has 0 N–H and O–H groups in total.